The number of benzene rings is 2. The molecule has 2 aromatic carbocycles. The van der Waals surface area contributed by atoms with Crippen LogP contribution in [0.25, 0.3) is 22.0 Å². The minimum atomic E-state index is -4.77. The molecule has 0 radical (unpaired) electrons. The van der Waals surface area contributed by atoms with Crippen molar-refractivity contribution < 1.29 is 17.9 Å². The van der Waals surface area contributed by atoms with Gasteiger partial charge in [-0.3, -0.25) is 9.98 Å². The van der Waals surface area contributed by atoms with Gasteiger partial charge in [0.2, 0.25) is 0 Å². The molecule has 194 valence electrons. The van der Waals surface area contributed by atoms with Crippen LogP contribution < -0.4 is 10.1 Å². The molecule has 1 N–H and O–H groups in total. The first-order valence-electron chi connectivity index (χ1n) is 12.2. The fraction of sp³-hybridized carbons (Fsp3) is 0.138. The van der Waals surface area contributed by atoms with Gasteiger partial charge >= 0.3 is 6.36 Å². The van der Waals surface area contributed by atoms with Crippen LogP contribution in [0, 0.1) is 6.92 Å². The van der Waals surface area contributed by atoms with Gasteiger partial charge in [-0.05, 0) is 53.8 Å². The highest BCUT2D eigenvalue weighted by Gasteiger charge is 2.31. The Bertz CT molecular complexity index is 1730. The van der Waals surface area contributed by atoms with E-state index in [4.69, 9.17) is 4.98 Å². The number of hydrogen-bond donors (Lipinski definition) is 1. The maximum Gasteiger partial charge on any atom is 0.573 e. The standard InChI is InChI=1S/C29H21F3N6O/c1-17-7-8-21-20(9-12-35-28(21)38-18-4-2-5-19(14-18)39-29(30,31)32)23(17)15-25-22(6-3-11-33-25)26-27-24(10-13-34-27)36-16-37-26/h2-9,11-14,16H,10,15H2,1H3,(H,35,38). The Hall–Kier alpha value is -4.86. The van der Waals surface area contributed by atoms with Gasteiger partial charge < -0.3 is 10.1 Å². The number of nitrogens with zero attached hydrogens (tertiary/aromatic N) is 5. The molecule has 0 bridgehead atoms. The summed E-state index contributed by atoms with van der Waals surface area (Å²) in [6.07, 6.45) is 3.26. The third kappa shape index (κ3) is 5.00. The summed E-state index contributed by atoms with van der Waals surface area (Å²) < 4.78 is 42.2. The summed E-state index contributed by atoms with van der Waals surface area (Å²) in [5.74, 6) is 0.203. The molecule has 10 heteroatoms. The van der Waals surface area contributed by atoms with Crippen LogP contribution in [-0.2, 0) is 12.8 Å². The first-order valence-corrected chi connectivity index (χ1v) is 12.2. The van der Waals surface area contributed by atoms with Gasteiger partial charge in [-0.15, -0.1) is 13.2 Å². The number of anilines is 2. The topological polar surface area (TPSA) is 85.2 Å². The van der Waals surface area contributed by atoms with E-state index in [1.165, 1.54) is 18.2 Å². The van der Waals surface area contributed by atoms with Crippen molar-refractivity contribution in [2.45, 2.75) is 26.1 Å². The zero-order valence-electron chi connectivity index (χ0n) is 20.7. The molecule has 0 amide bonds. The van der Waals surface area contributed by atoms with E-state index >= 15 is 0 Å². The molecule has 0 saturated carbocycles. The van der Waals surface area contributed by atoms with Crippen molar-refractivity contribution in [3.63, 3.8) is 0 Å². The van der Waals surface area contributed by atoms with Crippen LogP contribution in [0.3, 0.4) is 0 Å². The van der Waals surface area contributed by atoms with Crippen LogP contribution in [0.15, 0.2) is 78.3 Å². The maximum absolute atomic E-state index is 12.7. The van der Waals surface area contributed by atoms with Crippen LogP contribution in [0.5, 0.6) is 5.75 Å². The second-order valence-corrected chi connectivity index (χ2v) is 9.02. The van der Waals surface area contributed by atoms with E-state index in [9.17, 15) is 13.2 Å². The number of aromatic nitrogens is 4. The molecule has 0 spiro atoms. The van der Waals surface area contributed by atoms with Crippen molar-refractivity contribution in [3.8, 4) is 17.0 Å². The lowest BCUT2D eigenvalue weighted by Crippen LogP contribution is -2.17. The molecule has 39 heavy (non-hydrogen) atoms. The van der Waals surface area contributed by atoms with Crippen molar-refractivity contribution in [3.05, 3.63) is 95.8 Å². The number of nitrogens with one attached hydrogen (secondary N) is 1. The summed E-state index contributed by atoms with van der Waals surface area (Å²) in [4.78, 5) is 22.6. The number of rotatable bonds is 6. The molecule has 0 fully saturated rings. The highest BCUT2D eigenvalue weighted by Crippen LogP contribution is 2.36. The Morgan fingerprint density at radius 1 is 0.923 bits per heavy atom. The Morgan fingerprint density at radius 2 is 1.82 bits per heavy atom. The van der Waals surface area contributed by atoms with Crippen molar-refractivity contribution in [1.29, 1.82) is 0 Å². The zero-order valence-corrected chi connectivity index (χ0v) is 20.7. The number of halogens is 3. The Morgan fingerprint density at radius 3 is 2.69 bits per heavy atom. The van der Waals surface area contributed by atoms with Crippen molar-refractivity contribution >= 4 is 34.2 Å². The number of aliphatic imine (C=N–C) groups is 1. The summed E-state index contributed by atoms with van der Waals surface area (Å²) in [6.45, 7) is 2.04. The van der Waals surface area contributed by atoms with E-state index in [0.29, 0.717) is 24.3 Å². The largest absolute Gasteiger partial charge is 0.573 e. The molecule has 4 heterocycles. The Kier molecular flexibility index (Phi) is 6.14. The maximum atomic E-state index is 12.7. The van der Waals surface area contributed by atoms with Crippen LogP contribution in [0.2, 0.25) is 0 Å². The summed E-state index contributed by atoms with van der Waals surface area (Å²) in [6, 6.07) is 15.4. The number of fused-ring (bicyclic) bond motifs is 2. The number of pyridine rings is 2. The molecule has 7 nitrogen and oxygen atoms in total. The van der Waals surface area contributed by atoms with E-state index in [1.54, 1.807) is 24.8 Å². The predicted molar refractivity (Wildman–Crippen MR) is 143 cm³/mol. The monoisotopic (exact) mass is 526 g/mol. The summed E-state index contributed by atoms with van der Waals surface area (Å²) in [5, 5.41) is 4.92. The normalized spacial score (nSPS) is 12.5. The lowest BCUT2D eigenvalue weighted by atomic mass is 9.94. The summed E-state index contributed by atoms with van der Waals surface area (Å²) >= 11 is 0. The third-order valence-corrected chi connectivity index (χ3v) is 6.51. The SMILES string of the molecule is Cc1ccc2c(Nc3cccc(OC(F)(F)F)c3)nccc2c1Cc1ncccc1-c1ncnc2c1N=CC2. The fourth-order valence-corrected chi connectivity index (χ4v) is 4.75. The highest BCUT2D eigenvalue weighted by atomic mass is 19.4. The Labute approximate surface area is 221 Å². The molecule has 0 aliphatic carbocycles. The van der Waals surface area contributed by atoms with Crippen LogP contribution in [0.4, 0.5) is 30.4 Å². The van der Waals surface area contributed by atoms with Crippen LogP contribution in [0.1, 0.15) is 22.5 Å². The first-order chi connectivity index (χ1) is 18.9. The number of hydrogen-bond acceptors (Lipinski definition) is 7. The fourth-order valence-electron chi connectivity index (χ4n) is 4.75. The van der Waals surface area contributed by atoms with E-state index in [-0.39, 0.29) is 5.75 Å². The lowest BCUT2D eigenvalue weighted by molar-refractivity contribution is -0.274. The Balaban J connectivity index is 1.38. The second kappa shape index (κ2) is 9.79. The smallest absolute Gasteiger partial charge is 0.406 e. The number of alkyl halides is 3. The molecule has 0 saturated heterocycles. The molecule has 1 aliphatic rings. The molecular weight excluding hydrogens is 505 g/mol. The zero-order chi connectivity index (χ0) is 27.0. The minimum absolute atomic E-state index is 0.313. The molecule has 6 rings (SSSR count). The van der Waals surface area contributed by atoms with Gasteiger partial charge in [0.05, 0.1) is 11.4 Å². The number of aryl methyl sites for hydroxylation is 1. The van der Waals surface area contributed by atoms with Crippen molar-refractivity contribution in [2.75, 3.05) is 5.32 Å². The molecular formula is C29H21F3N6O. The lowest BCUT2D eigenvalue weighted by Gasteiger charge is -2.16. The van der Waals surface area contributed by atoms with Gasteiger partial charge in [0.15, 0.2) is 0 Å². The average molecular weight is 527 g/mol. The van der Waals surface area contributed by atoms with Gasteiger partial charge in [0.25, 0.3) is 0 Å². The van der Waals surface area contributed by atoms with Gasteiger partial charge in [-0.2, -0.15) is 0 Å². The van der Waals surface area contributed by atoms with Crippen LogP contribution in [-0.4, -0.2) is 32.5 Å². The molecule has 1 aliphatic heterocycles. The van der Waals surface area contributed by atoms with Gasteiger partial charge in [0.1, 0.15) is 29.3 Å². The second-order valence-electron chi connectivity index (χ2n) is 9.02. The van der Waals surface area contributed by atoms with Gasteiger partial charge in [0, 0.05) is 54.2 Å². The summed E-state index contributed by atoms with van der Waals surface area (Å²) in [5.41, 5.74) is 6.70. The minimum Gasteiger partial charge on any atom is -0.406 e. The first kappa shape index (κ1) is 24.5. The highest BCUT2D eigenvalue weighted by molar-refractivity contribution is 5.96. The quantitative estimate of drug-likeness (QED) is 0.259. The van der Waals surface area contributed by atoms with E-state index in [0.717, 1.165) is 50.2 Å². The van der Waals surface area contributed by atoms with Gasteiger partial charge in [-0.25, -0.2) is 15.0 Å². The third-order valence-electron chi connectivity index (χ3n) is 6.51. The number of ether oxygens (including phenoxy) is 1. The molecule has 0 unspecified atom stereocenters. The van der Waals surface area contributed by atoms with E-state index in [2.05, 4.69) is 30.0 Å². The summed E-state index contributed by atoms with van der Waals surface area (Å²) in [7, 11) is 0. The van der Waals surface area contributed by atoms with Crippen molar-refractivity contribution in [2.24, 2.45) is 4.99 Å². The average Bonchev–Trinajstić information content (AvgIpc) is 3.39. The van der Waals surface area contributed by atoms with Crippen molar-refractivity contribution in [1.82, 2.24) is 19.9 Å². The van der Waals surface area contributed by atoms with Crippen LogP contribution >= 0.6 is 0 Å². The predicted octanol–water partition coefficient (Wildman–Crippen LogP) is 6.89. The molecule has 3 aromatic heterocycles. The molecule has 5 aromatic rings. The van der Waals surface area contributed by atoms with Gasteiger partial charge in [-0.1, -0.05) is 18.2 Å². The van der Waals surface area contributed by atoms with E-state index < -0.39 is 6.36 Å². The van der Waals surface area contributed by atoms with E-state index in [1.807, 2.05) is 43.5 Å². The molecule has 0 atom stereocenters.